The number of hydrogen-bond donors (Lipinski definition) is 1. The van der Waals surface area contributed by atoms with Crippen molar-refractivity contribution in [3.8, 4) is 27.7 Å². The van der Waals surface area contributed by atoms with Gasteiger partial charge in [-0.15, -0.1) is 11.3 Å². The van der Waals surface area contributed by atoms with Gasteiger partial charge in [0, 0.05) is 33.6 Å². The molecule has 0 radical (unpaired) electrons. The normalized spacial score (nSPS) is 11.1. The smallest absolute Gasteiger partial charge is 0.203 e. The number of anilines is 2. The van der Waals surface area contributed by atoms with Crippen LogP contribution in [-0.2, 0) is 0 Å². The lowest BCUT2D eigenvalue weighted by Crippen LogP contribution is -2.00. The molecule has 0 atom stereocenters. The van der Waals surface area contributed by atoms with Gasteiger partial charge in [-0.05, 0) is 23.6 Å². The number of methoxy groups -OCH3 is 3. The molecule has 0 bridgehead atoms. The van der Waals surface area contributed by atoms with Crippen molar-refractivity contribution in [3.63, 3.8) is 0 Å². The van der Waals surface area contributed by atoms with E-state index in [1.807, 2.05) is 36.7 Å². The van der Waals surface area contributed by atoms with Crippen LogP contribution in [0, 0.1) is 0 Å². The van der Waals surface area contributed by atoms with Gasteiger partial charge in [-0.2, -0.15) is 5.10 Å². The standard InChI is InChI=1S/C23H20N4O3S/c1-28-17-11-15(12-18(29-2)22(17)30-3)25-21-8-9-27-23(26-21)16(13-24-27)20-10-14-6-4-5-7-19(14)31-20/h4-13H,1-3H3,(H,25,26). The van der Waals surface area contributed by atoms with Crippen molar-refractivity contribution in [1.82, 2.24) is 14.6 Å². The Kier molecular flexibility index (Phi) is 4.83. The lowest BCUT2D eigenvalue weighted by Gasteiger charge is -2.15. The topological polar surface area (TPSA) is 69.9 Å². The van der Waals surface area contributed by atoms with Crippen molar-refractivity contribution >= 4 is 38.6 Å². The van der Waals surface area contributed by atoms with E-state index in [4.69, 9.17) is 19.2 Å². The molecule has 2 aromatic carbocycles. The maximum atomic E-state index is 5.44. The molecule has 0 aliphatic carbocycles. The van der Waals surface area contributed by atoms with E-state index in [2.05, 4.69) is 34.7 Å². The Labute approximate surface area is 182 Å². The highest BCUT2D eigenvalue weighted by Crippen LogP contribution is 2.41. The number of fused-ring (bicyclic) bond motifs is 2. The zero-order chi connectivity index (χ0) is 21.4. The van der Waals surface area contributed by atoms with Crippen LogP contribution in [0.15, 0.2) is 60.9 Å². The molecule has 0 fully saturated rings. The minimum atomic E-state index is 0.543. The molecule has 7 nitrogen and oxygen atoms in total. The first-order valence-corrected chi connectivity index (χ1v) is 10.4. The largest absolute Gasteiger partial charge is 0.493 e. The molecule has 0 amide bonds. The van der Waals surface area contributed by atoms with Crippen molar-refractivity contribution in [2.75, 3.05) is 26.6 Å². The summed E-state index contributed by atoms with van der Waals surface area (Å²) in [7, 11) is 4.77. The molecule has 0 spiro atoms. The number of benzene rings is 2. The van der Waals surface area contributed by atoms with Crippen LogP contribution in [0.25, 0.3) is 26.2 Å². The molecular weight excluding hydrogens is 412 g/mol. The summed E-state index contributed by atoms with van der Waals surface area (Å²) in [5.74, 6) is 2.37. The zero-order valence-corrected chi connectivity index (χ0v) is 18.1. The van der Waals surface area contributed by atoms with Crippen LogP contribution in [0.1, 0.15) is 0 Å². The molecule has 1 N–H and O–H groups in total. The molecule has 8 heteroatoms. The van der Waals surface area contributed by atoms with Crippen molar-refractivity contribution in [3.05, 3.63) is 60.9 Å². The van der Waals surface area contributed by atoms with E-state index in [-0.39, 0.29) is 0 Å². The van der Waals surface area contributed by atoms with Crippen molar-refractivity contribution in [1.29, 1.82) is 0 Å². The Morgan fingerprint density at radius 2 is 1.71 bits per heavy atom. The van der Waals surface area contributed by atoms with Crippen LogP contribution in [0.5, 0.6) is 17.2 Å². The Hall–Kier alpha value is -3.78. The van der Waals surface area contributed by atoms with Gasteiger partial charge in [0.15, 0.2) is 17.1 Å². The van der Waals surface area contributed by atoms with E-state index in [0.717, 1.165) is 21.8 Å². The van der Waals surface area contributed by atoms with E-state index in [1.165, 1.54) is 10.1 Å². The molecule has 3 aromatic heterocycles. The first kappa shape index (κ1) is 19.2. The third-order valence-corrected chi connectivity index (χ3v) is 6.15. The van der Waals surface area contributed by atoms with E-state index < -0.39 is 0 Å². The Bertz CT molecular complexity index is 1330. The maximum absolute atomic E-state index is 5.44. The third-order valence-electron chi connectivity index (χ3n) is 5.00. The Balaban J connectivity index is 1.54. The Morgan fingerprint density at radius 1 is 0.935 bits per heavy atom. The van der Waals surface area contributed by atoms with Gasteiger partial charge < -0.3 is 19.5 Å². The van der Waals surface area contributed by atoms with Gasteiger partial charge in [-0.1, -0.05) is 18.2 Å². The number of nitrogens with zero attached hydrogens (tertiary/aromatic N) is 3. The first-order chi connectivity index (χ1) is 15.2. The number of hydrogen-bond acceptors (Lipinski definition) is 7. The molecule has 0 aliphatic heterocycles. The average molecular weight is 433 g/mol. The van der Waals surface area contributed by atoms with Gasteiger partial charge in [-0.3, -0.25) is 0 Å². The zero-order valence-electron chi connectivity index (χ0n) is 17.2. The quantitative estimate of drug-likeness (QED) is 0.388. The summed E-state index contributed by atoms with van der Waals surface area (Å²) < 4.78 is 19.3. The fourth-order valence-corrected chi connectivity index (χ4v) is 4.60. The molecule has 0 aliphatic rings. The highest BCUT2D eigenvalue weighted by molar-refractivity contribution is 7.22. The lowest BCUT2D eigenvalue weighted by atomic mass is 10.2. The van der Waals surface area contributed by atoms with Gasteiger partial charge in [0.25, 0.3) is 0 Å². The van der Waals surface area contributed by atoms with Gasteiger partial charge in [0.2, 0.25) is 5.75 Å². The number of ether oxygens (including phenoxy) is 3. The van der Waals surface area contributed by atoms with Gasteiger partial charge in [0.05, 0.1) is 33.1 Å². The summed E-state index contributed by atoms with van der Waals surface area (Å²) in [6.07, 6.45) is 3.75. The fraction of sp³-hybridized carbons (Fsp3) is 0.130. The second kappa shape index (κ2) is 7.81. The summed E-state index contributed by atoms with van der Waals surface area (Å²) in [5.41, 5.74) is 2.55. The van der Waals surface area contributed by atoms with Crippen molar-refractivity contribution in [2.24, 2.45) is 0 Å². The summed E-state index contributed by atoms with van der Waals surface area (Å²) >= 11 is 1.73. The molecular formula is C23H20N4O3S. The maximum Gasteiger partial charge on any atom is 0.203 e. The number of rotatable bonds is 6. The van der Waals surface area contributed by atoms with E-state index in [1.54, 1.807) is 37.2 Å². The van der Waals surface area contributed by atoms with E-state index in [0.29, 0.717) is 23.1 Å². The molecule has 0 unspecified atom stereocenters. The number of thiophene rings is 1. The highest BCUT2D eigenvalue weighted by Gasteiger charge is 2.15. The van der Waals surface area contributed by atoms with Crippen LogP contribution in [-0.4, -0.2) is 35.9 Å². The molecule has 0 saturated carbocycles. The first-order valence-electron chi connectivity index (χ1n) is 9.60. The minimum Gasteiger partial charge on any atom is -0.493 e. The molecule has 0 saturated heterocycles. The monoisotopic (exact) mass is 432 g/mol. The molecule has 5 aromatic rings. The number of nitrogens with one attached hydrogen (secondary N) is 1. The second-order valence-electron chi connectivity index (χ2n) is 6.83. The fourth-order valence-electron chi connectivity index (χ4n) is 3.53. The summed E-state index contributed by atoms with van der Waals surface area (Å²) in [5, 5.41) is 9.01. The number of aromatic nitrogens is 3. The predicted octanol–water partition coefficient (Wildman–Crippen LogP) is 5.38. The summed E-state index contributed by atoms with van der Waals surface area (Å²) in [6, 6.07) is 16.1. The van der Waals surface area contributed by atoms with Crippen LogP contribution in [0.2, 0.25) is 0 Å². The lowest BCUT2D eigenvalue weighted by molar-refractivity contribution is 0.324. The van der Waals surface area contributed by atoms with Gasteiger partial charge in [-0.25, -0.2) is 9.50 Å². The van der Waals surface area contributed by atoms with Gasteiger partial charge >= 0.3 is 0 Å². The molecule has 3 heterocycles. The minimum absolute atomic E-state index is 0.543. The van der Waals surface area contributed by atoms with E-state index in [9.17, 15) is 0 Å². The van der Waals surface area contributed by atoms with Crippen LogP contribution < -0.4 is 19.5 Å². The summed E-state index contributed by atoms with van der Waals surface area (Å²) in [6.45, 7) is 0. The van der Waals surface area contributed by atoms with E-state index >= 15 is 0 Å². The van der Waals surface area contributed by atoms with Crippen LogP contribution in [0.4, 0.5) is 11.5 Å². The predicted molar refractivity (Wildman–Crippen MR) is 123 cm³/mol. The SMILES string of the molecule is COc1cc(Nc2ccn3ncc(-c4cc5ccccc5s4)c3n2)cc(OC)c1OC. The average Bonchev–Trinajstić information content (AvgIpc) is 3.41. The van der Waals surface area contributed by atoms with Crippen LogP contribution in [0.3, 0.4) is 0 Å². The van der Waals surface area contributed by atoms with Gasteiger partial charge in [0.1, 0.15) is 5.82 Å². The molecule has 5 rings (SSSR count). The van der Waals surface area contributed by atoms with Crippen molar-refractivity contribution < 1.29 is 14.2 Å². The highest BCUT2D eigenvalue weighted by atomic mass is 32.1. The summed E-state index contributed by atoms with van der Waals surface area (Å²) in [4.78, 5) is 5.95. The Morgan fingerprint density at radius 3 is 2.42 bits per heavy atom. The molecule has 31 heavy (non-hydrogen) atoms. The second-order valence-corrected chi connectivity index (χ2v) is 7.91. The van der Waals surface area contributed by atoms with Crippen molar-refractivity contribution in [2.45, 2.75) is 0 Å². The molecule has 156 valence electrons. The van der Waals surface area contributed by atoms with Crippen LogP contribution >= 0.6 is 11.3 Å². The third kappa shape index (κ3) is 3.40.